The van der Waals surface area contributed by atoms with Crippen molar-refractivity contribution in [2.45, 2.75) is 26.3 Å². The quantitative estimate of drug-likeness (QED) is 0.890. The lowest BCUT2D eigenvalue weighted by Gasteiger charge is -2.06. The van der Waals surface area contributed by atoms with Crippen LogP contribution >= 0.6 is 11.3 Å². The summed E-state index contributed by atoms with van der Waals surface area (Å²) in [5.41, 5.74) is 1.48. The lowest BCUT2D eigenvalue weighted by atomic mass is 10.3. The number of aromatic nitrogens is 1. The molecule has 0 bridgehead atoms. The largest absolute Gasteiger partial charge is 0.354 e. The van der Waals surface area contributed by atoms with E-state index in [0.29, 0.717) is 5.13 Å². The lowest BCUT2D eigenvalue weighted by Crippen LogP contribution is -2.31. The van der Waals surface area contributed by atoms with Gasteiger partial charge < -0.3 is 10.6 Å². The second-order valence-electron chi connectivity index (χ2n) is 4.67. The zero-order valence-electron chi connectivity index (χ0n) is 11.3. The van der Waals surface area contributed by atoms with Crippen LogP contribution in [0.1, 0.15) is 19.5 Å². The van der Waals surface area contributed by atoms with E-state index in [2.05, 4.69) is 15.6 Å². The third-order valence-corrected chi connectivity index (χ3v) is 3.25. The molecule has 2 aromatic rings. The van der Waals surface area contributed by atoms with Gasteiger partial charge in [0.25, 0.3) is 0 Å². The molecular weight excluding hydrogens is 277 g/mol. The second-order valence-corrected chi connectivity index (χ2v) is 5.53. The summed E-state index contributed by atoms with van der Waals surface area (Å²) < 4.78 is 12.8. The molecule has 0 spiro atoms. The number of rotatable bonds is 5. The number of thiazole rings is 1. The van der Waals surface area contributed by atoms with Gasteiger partial charge in [0.05, 0.1) is 12.1 Å². The molecule has 0 saturated carbocycles. The van der Waals surface area contributed by atoms with Crippen LogP contribution < -0.4 is 10.6 Å². The first kappa shape index (κ1) is 14.5. The van der Waals surface area contributed by atoms with E-state index in [9.17, 15) is 9.18 Å². The monoisotopic (exact) mass is 293 g/mol. The first-order chi connectivity index (χ1) is 9.52. The van der Waals surface area contributed by atoms with Gasteiger partial charge in [-0.05, 0) is 38.1 Å². The number of carbonyl (C=O) groups excluding carboxylic acids is 1. The van der Waals surface area contributed by atoms with Gasteiger partial charge in [-0.1, -0.05) is 0 Å². The van der Waals surface area contributed by atoms with Crippen molar-refractivity contribution in [3.63, 3.8) is 0 Å². The van der Waals surface area contributed by atoms with Crippen LogP contribution in [0.15, 0.2) is 29.6 Å². The first-order valence-corrected chi connectivity index (χ1v) is 7.17. The summed E-state index contributed by atoms with van der Waals surface area (Å²) in [4.78, 5) is 15.9. The molecule has 0 aliphatic heterocycles. The maximum Gasteiger partial charge on any atom is 0.226 e. The molecule has 4 nitrogen and oxygen atoms in total. The number of anilines is 2. The number of nitrogens with one attached hydrogen (secondary N) is 2. The summed E-state index contributed by atoms with van der Waals surface area (Å²) >= 11 is 1.41. The van der Waals surface area contributed by atoms with Crippen molar-refractivity contribution in [2.75, 3.05) is 5.32 Å². The molecular formula is C14H16FN3OS. The topological polar surface area (TPSA) is 54.0 Å². The van der Waals surface area contributed by atoms with Gasteiger partial charge in [0, 0.05) is 17.1 Å². The molecule has 0 fully saturated rings. The van der Waals surface area contributed by atoms with E-state index in [1.54, 1.807) is 12.1 Å². The Kier molecular flexibility index (Phi) is 4.68. The van der Waals surface area contributed by atoms with Crippen molar-refractivity contribution in [3.8, 4) is 0 Å². The number of amides is 1. The highest BCUT2D eigenvalue weighted by Crippen LogP contribution is 2.21. The Balaban J connectivity index is 1.95. The van der Waals surface area contributed by atoms with Gasteiger partial charge in [-0.25, -0.2) is 9.37 Å². The summed E-state index contributed by atoms with van der Waals surface area (Å²) in [6.45, 7) is 3.83. The van der Waals surface area contributed by atoms with Crippen molar-refractivity contribution in [1.29, 1.82) is 0 Å². The molecule has 2 rings (SSSR count). The second kappa shape index (κ2) is 6.47. The van der Waals surface area contributed by atoms with Crippen LogP contribution in [0.2, 0.25) is 0 Å². The standard InChI is InChI=1S/C14H16FN3OS/c1-9(2)16-13(19)7-12-8-20-14(18-12)17-11-5-3-10(15)4-6-11/h3-6,8-9H,7H2,1-2H3,(H,16,19)(H,17,18). The van der Waals surface area contributed by atoms with Crippen molar-refractivity contribution in [1.82, 2.24) is 10.3 Å². The Hall–Kier alpha value is -1.95. The van der Waals surface area contributed by atoms with E-state index in [0.717, 1.165) is 11.4 Å². The number of hydrogen-bond acceptors (Lipinski definition) is 4. The highest BCUT2D eigenvalue weighted by molar-refractivity contribution is 7.13. The summed E-state index contributed by atoms with van der Waals surface area (Å²) in [5.74, 6) is -0.320. The fourth-order valence-electron chi connectivity index (χ4n) is 1.64. The predicted octanol–water partition coefficient (Wildman–Crippen LogP) is 3.09. The Labute approximate surface area is 121 Å². The Morgan fingerprint density at radius 2 is 2.05 bits per heavy atom. The Morgan fingerprint density at radius 3 is 2.70 bits per heavy atom. The Bertz CT molecular complexity index is 580. The van der Waals surface area contributed by atoms with Crippen molar-refractivity contribution >= 4 is 28.1 Å². The van der Waals surface area contributed by atoms with Crippen molar-refractivity contribution in [3.05, 3.63) is 41.2 Å². The zero-order valence-corrected chi connectivity index (χ0v) is 12.1. The summed E-state index contributed by atoms with van der Waals surface area (Å²) in [6.07, 6.45) is 0.264. The SMILES string of the molecule is CC(C)NC(=O)Cc1csc(Nc2ccc(F)cc2)n1. The van der Waals surface area contributed by atoms with Crippen LogP contribution in [-0.2, 0) is 11.2 Å². The number of benzene rings is 1. The smallest absolute Gasteiger partial charge is 0.226 e. The van der Waals surface area contributed by atoms with Gasteiger partial charge in [-0.15, -0.1) is 11.3 Å². The van der Waals surface area contributed by atoms with E-state index in [1.807, 2.05) is 19.2 Å². The van der Waals surface area contributed by atoms with Gasteiger partial charge in [-0.2, -0.15) is 0 Å². The van der Waals surface area contributed by atoms with E-state index >= 15 is 0 Å². The zero-order chi connectivity index (χ0) is 14.5. The molecule has 1 aromatic heterocycles. The molecule has 1 heterocycles. The summed E-state index contributed by atoms with van der Waals surface area (Å²) in [6, 6.07) is 6.17. The minimum Gasteiger partial charge on any atom is -0.354 e. The van der Waals surface area contributed by atoms with Crippen LogP contribution in [-0.4, -0.2) is 16.9 Å². The minimum atomic E-state index is -0.277. The van der Waals surface area contributed by atoms with Gasteiger partial charge >= 0.3 is 0 Å². The fraction of sp³-hybridized carbons (Fsp3) is 0.286. The van der Waals surface area contributed by atoms with Gasteiger partial charge in [-0.3, -0.25) is 4.79 Å². The molecule has 0 saturated heterocycles. The number of hydrogen-bond donors (Lipinski definition) is 2. The van der Waals surface area contributed by atoms with Gasteiger partial charge in [0.1, 0.15) is 5.82 Å². The van der Waals surface area contributed by atoms with Crippen LogP contribution in [0.5, 0.6) is 0 Å². The first-order valence-electron chi connectivity index (χ1n) is 6.29. The van der Waals surface area contributed by atoms with E-state index in [4.69, 9.17) is 0 Å². The highest BCUT2D eigenvalue weighted by Gasteiger charge is 2.08. The maximum atomic E-state index is 12.8. The molecule has 20 heavy (non-hydrogen) atoms. The van der Waals surface area contributed by atoms with Crippen molar-refractivity contribution < 1.29 is 9.18 Å². The third-order valence-electron chi connectivity index (χ3n) is 2.44. The normalized spacial score (nSPS) is 10.6. The number of halogens is 1. The number of nitrogens with zero attached hydrogens (tertiary/aromatic N) is 1. The van der Waals surface area contributed by atoms with Crippen molar-refractivity contribution in [2.24, 2.45) is 0 Å². The minimum absolute atomic E-state index is 0.0429. The van der Waals surface area contributed by atoms with Gasteiger partial charge in [0.2, 0.25) is 5.91 Å². The lowest BCUT2D eigenvalue weighted by molar-refractivity contribution is -0.120. The molecule has 0 aliphatic rings. The van der Waals surface area contributed by atoms with E-state index in [1.165, 1.54) is 23.5 Å². The average molecular weight is 293 g/mol. The van der Waals surface area contributed by atoms with Crippen LogP contribution in [0.3, 0.4) is 0 Å². The fourth-order valence-corrected chi connectivity index (χ4v) is 2.37. The molecule has 2 N–H and O–H groups in total. The summed E-state index contributed by atoms with van der Waals surface area (Å²) in [7, 11) is 0. The van der Waals surface area contributed by atoms with Gasteiger partial charge in [0.15, 0.2) is 5.13 Å². The molecule has 0 atom stereocenters. The highest BCUT2D eigenvalue weighted by atomic mass is 32.1. The molecule has 1 aromatic carbocycles. The van der Waals surface area contributed by atoms with E-state index in [-0.39, 0.29) is 24.2 Å². The molecule has 0 radical (unpaired) electrons. The van der Waals surface area contributed by atoms with Crippen LogP contribution in [0.25, 0.3) is 0 Å². The molecule has 6 heteroatoms. The molecule has 106 valence electrons. The third kappa shape index (κ3) is 4.31. The Morgan fingerprint density at radius 1 is 1.35 bits per heavy atom. The van der Waals surface area contributed by atoms with Crippen LogP contribution in [0.4, 0.5) is 15.2 Å². The predicted molar refractivity (Wildman–Crippen MR) is 78.8 cm³/mol. The van der Waals surface area contributed by atoms with E-state index < -0.39 is 0 Å². The molecule has 0 unspecified atom stereocenters. The van der Waals surface area contributed by atoms with Crippen LogP contribution in [0, 0.1) is 5.82 Å². The molecule has 1 amide bonds. The maximum absolute atomic E-state index is 12.8. The average Bonchev–Trinajstić information content (AvgIpc) is 2.78. The molecule has 0 aliphatic carbocycles. The summed E-state index contributed by atoms with van der Waals surface area (Å²) in [5, 5.41) is 8.42. The number of carbonyl (C=O) groups is 1.